The van der Waals surface area contributed by atoms with Crippen molar-refractivity contribution in [3.05, 3.63) is 36.8 Å². The van der Waals surface area contributed by atoms with Crippen molar-refractivity contribution in [2.24, 2.45) is 0 Å². The smallest absolute Gasteiger partial charge is 0.232 e. The molecule has 0 aliphatic rings. The molecular formula is C14H18N4O3S. The monoisotopic (exact) mass is 322 g/mol. The van der Waals surface area contributed by atoms with E-state index in [2.05, 4.69) is 15.3 Å². The van der Waals surface area contributed by atoms with Crippen LogP contribution in [0.25, 0.3) is 11.1 Å². The second-order valence-electron chi connectivity index (χ2n) is 4.91. The molecule has 22 heavy (non-hydrogen) atoms. The highest BCUT2D eigenvalue weighted by Crippen LogP contribution is 2.25. The van der Waals surface area contributed by atoms with Gasteiger partial charge in [-0.1, -0.05) is 0 Å². The van der Waals surface area contributed by atoms with Crippen molar-refractivity contribution < 1.29 is 13.5 Å². The van der Waals surface area contributed by atoms with Crippen LogP contribution in [-0.2, 0) is 10.0 Å². The summed E-state index contributed by atoms with van der Waals surface area (Å²) in [6.45, 7) is 1.59. The first-order valence-electron chi connectivity index (χ1n) is 6.57. The third-order valence-corrected chi connectivity index (χ3v) is 4.24. The van der Waals surface area contributed by atoms with Gasteiger partial charge in [0.25, 0.3) is 0 Å². The number of aliphatic hydroxyl groups is 1. The molecule has 1 unspecified atom stereocenters. The Kier molecular flexibility index (Phi) is 4.62. The molecule has 1 atom stereocenters. The molecular weight excluding hydrogens is 304 g/mol. The molecule has 8 heteroatoms. The van der Waals surface area contributed by atoms with Crippen molar-refractivity contribution in [3.63, 3.8) is 0 Å². The highest BCUT2D eigenvalue weighted by molar-refractivity contribution is 7.92. The molecule has 2 N–H and O–H groups in total. The van der Waals surface area contributed by atoms with Gasteiger partial charge in [-0.25, -0.2) is 13.4 Å². The summed E-state index contributed by atoms with van der Waals surface area (Å²) in [5.41, 5.74) is 2.04. The van der Waals surface area contributed by atoms with E-state index in [-0.39, 0.29) is 0 Å². The maximum Gasteiger partial charge on any atom is 0.232 e. The van der Waals surface area contributed by atoms with Crippen LogP contribution in [-0.4, -0.2) is 43.0 Å². The summed E-state index contributed by atoms with van der Waals surface area (Å²) in [7, 11) is -1.87. The fourth-order valence-corrected chi connectivity index (χ4v) is 2.34. The average molecular weight is 322 g/mol. The lowest BCUT2D eigenvalue weighted by atomic mass is 10.1. The second-order valence-corrected chi connectivity index (χ2v) is 6.93. The number of nitrogens with one attached hydrogen (secondary N) is 1. The number of aliphatic hydroxyl groups excluding tert-OH is 1. The summed E-state index contributed by atoms with van der Waals surface area (Å²) < 4.78 is 24.4. The Morgan fingerprint density at radius 2 is 2.00 bits per heavy atom. The van der Waals surface area contributed by atoms with Crippen LogP contribution in [0.5, 0.6) is 0 Å². The molecule has 0 aliphatic carbocycles. The van der Waals surface area contributed by atoms with Gasteiger partial charge >= 0.3 is 0 Å². The third-order valence-electron chi connectivity index (χ3n) is 3.03. The summed E-state index contributed by atoms with van der Waals surface area (Å²) in [5.74, 6) is 0.523. The van der Waals surface area contributed by atoms with E-state index in [9.17, 15) is 13.5 Å². The Bertz CT molecular complexity index is 762. The van der Waals surface area contributed by atoms with Crippen molar-refractivity contribution in [1.82, 2.24) is 9.97 Å². The van der Waals surface area contributed by atoms with Gasteiger partial charge in [0.1, 0.15) is 12.0 Å². The standard InChI is InChI=1S/C14H18N4O3S/c1-10(19)17-14-7-11(4-5-16-14)12-6-13(9-15-8-12)18(2)22(3,20)21/h4-10,19H,1-3H3,(H,16,17). The number of pyridine rings is 2. The Balaban J connectivity index is 2.38. The topological polar surface area (TPSA) is 95.4 Å². The Morgan fingerprint density at radius 3 is 2.64 bits per heavy atom. The molecule has 0 radical (unpaired) electrons. The molecule has 0 bridgehead atoms. The molecule has 7 nitrogen and oxygen atoms in total. The Morgan fingerprint density at radius 1 is 1.27 bits per heavy atom. The first kappa shape index (κ1) is 16.2. The molecule has 118 valence electrons. The molecule has 0 fully saturated rings. The maximum atomic E-state index is 11.6. The molecule has 0 amide bonds. The molecule has 0 saturated heterocycles. The van der Waals surface area contributed by atoms with Crippen molar-refractivity contribution >= 4 is 21.5 Å². The van der Waals surface area contributed by atoms with E-state index in [0.717, 1.165) is 17.4 Å². The highest BCUT2D eigenvalue weighted by Gasteiger charge is 2.13. The van der Waals surface area contributed by atoms with Crippen molar-refractivity contribution in [1.29, 1.82) is 0 Å². The van der Waals surface area contributed by atoms with Gasteiger partial charge < -0.3 is 10.4 Å². The number of hydrogen-bond donors (Lipinski definition) is 2. The van der Waals surface area contributed by atoms with Gasteiger partial charge in [0.15, 0.2) is 0 Å². The van der Waals surface area contributed by atoms with Crippen molar-refractivity contribution in [2.45, 2.75) is 13.2 Å². The quantitative estimate of drug-likeness (QED) is 0.805. The molecule has 0 spiro atoms. The van der Waals surface area contributed by atoms with Gasteiger partial charge in [0, 0.05) is 25.0 Å². The lowest BCUT2D eigenvalue weighted by Gasteiger charge is -2.17. The lowest BCUT2D eigenvalue weighted by Crippen LogP contribution is -2.24. The summed E-state index contributed by atoms with van der Waals surface area (Å²) in [5, 5.41) is 12.1. The van der Waals surface area contributed by atoms with Crippen molar-refractivity contribution in [3.8, 4) is 11.1 Å². The van der Waals surface area contributed by atoms with Crippen LogP contribution in [0.1, 0.15) is 6.92 Å². The highest BCUT2D eigenvalue weighted by atomic mass is 32.2. The van der Waals surface area contributed by atoms with Gasteiger partial charge in [0.2, 0.25) is 10.0 Å². The SMILES string of the molecule is CC(O)Nc1cc(-c2cncc(N(C)S(C)(=O)=O)c2)ccn1. The van der Waals surface area contributed by atoms with Gasteiger partial charge in [-0.15, -0.1) is 0 Å². The summed E-state index contributed by atoms with van der Waals surface area (Å²) >= 11 is 0. The zero-order chi connectivity index (χ0) is 16.3. The number of rotatable bonds is 5. The first-order chi connectivity index (χ1) is 10.3. The molecule has 0 aromatic carbocycles. The van der Waals surface area contributed by atoms with Crippen LogP contribution in [0.15, 0.2) is 36.8 Å². The van der Waals surface area contributed by atoms with Crippen LogP contribution in [0.4, 0.5) is 11.5 Å². The molecule has 2 aromatic heterocycles. The zero-order valence-electron chi connectivity index (χ0n) is 12.6. The molecule has 2 heterocycles. The second kappa shape index (κ2) is 6.29. The van der Waals surface area contributed by atoms with Crippen LogP contribution < -0.4 is 9.62 Å². The van der Waals surface area contributed by atoms with Crippen LogP contribution in [0.2, 0.25) is 0 Å². The van der Waals surface area contributed by atoms with E-state index in [1.165, 1.54) is 17.5 Å². The number of aromatic nitrogens is 2. The van der Waals surface area contributed by atoms with Gasteiger partial charge in [0.05, 0.1) is 18.1 Å². The number of hydrogen-bond acceptors (Lipinski definition) is 6. The lowest BCUT2D eigenvalue weighted by molar-refractivity contribution is 0.224. The minimum Gasteiger partial charge on any atom is -0.374 e. The average Bonchev–Trinajstić information content (AvgIpc) is 2.45. The first-order valence-corrected chi connectivity index (χ1v) is 8.42. The van der Waals surface area contributed by atoms with Crippen LogP contribution in [0, 0.1) is 0 Å². The normalized spacial score (nSPS) is 12.7. The van der Waals surface area contributed by atoms with Crippen LogP contribution in [0.3, 0.4) is 0 Å². The fourth-order valence-electron chi connectivity index (χ4n) is 1.85. The molecule has 0 saturated carbocycles. The van der Waals surface area contributed by atoms with Gasteiger partial charge in [-0.2, -0.15) is 0 Å². The van der Waals surface area contributed by atoms with E-state index in [0.29, 0.717) is 11.5 Å². The minimum atomic E-state index is -3.34. The van der Waals surface area contributed by atoms with E-state index in [4.69, 9.17) is 0 Å². The van der Waals surface area contributed by atoms with Crippen molar-refractivity contribution in [2.75, 3.05) is 22.9 Å². The zero-order valence-corrected chi connectivity index (χ0v) is 13.4. The number of anilines is 2. The Labute approximate surface area is 129 Å². The van der Waals surface area contributed by atoms with Gasteiger partial charge in [-0.3, -0.25) is 9.29 Å². The van der Waals surface area contributed by atoms with E-state index >= 15 is 0 Å². The third kappa shape index (κ3) is 3.92. The minimum absolute atomic E-state index is 0.474. The summed E-state index contributed by atoms with van der Waals surface area (Å²) in [6.07, 6.45) is 5.15. The van der Waals surface area contributed by atoms with E-state index < -0.39 is 16.3 Å². The number of nitrogens with zero attached hydrogens (tertiary/aromatic N) is 3. The largest absolute Gasteiger partial charge is 0.374 e. The molecule has 2 aromatic rings. The predicted octanol–water partition coefficient (Wildman–Crippen LogP) is 1.29. The van der Waals surface area contributed by atoms with E-state index in [1.807, 2.05) is 0 Å². The molecule has 0 aliphatic heterocycles. The summed E-state index contributed by atoms with van der Waals surface area (Å²) in [4.78, 5) is 8.19. The predicted molar refractivity (Wildman–Crippen MR) is 86.0 cm³/mol. The summed E-state index contributed by atoms with van der Waals surface area (Å²) in [6, 6.07) is 5.28. The molecule has 2 rings (SSSR count). The van der Waals surface area contributed by atoms with Gasteiger partial charge in [-0.05, 0) is 30.7 Å². The van der Waals surface area contributed by atoms with Crippen LogP contribution >= 0.6 is 0 Å². The van der Waals surface area contributed by atoms with E-state index in [1.54, 1.807) is 37.5 Å². The maximum absolute atomic E-state index is 11.6. The number of sulfonamides is 1. The fraction of sp³-hybridized carbons (Fsp3) is 0.286. The Hall–Kier alpha value is -2.19.